The Labute approximate surface area is 160 Å². The van der Waals surface area contributed by atoms with E-state index in [-0.39, 0.29) is 11.8 Å². The van der Waals surface area contributed by atoms with Gasteiger partial charge in [0.25, 0.3) is 11.8 Å². The number of hydrogen-bond donors (Lipinski definition) is 2. The third-order valence-electron chi connectivity index (χ3n) is 5.24. The van der Waals surface area contributed by atoms with E-state index in [1.165, 1.54) is 18.4 Å². The van der Waals surface area contributed by atoms with E-state index in [1.54, 1.807) is 7.11 Å². The molecule has 3 rings (SSSR count). The smallest absolute Gasteiger partial charge is 0.287 e. The molecule has 7 nitrogen and oxygen atoms in total. The van der Waals surface area contributed by atoms with Crippen LogP contribution in [0.15, 0.2) is 11.6 Å². The summed E-state index contributed by atoms with van der Waals surface area (Å²) in [6, 6.07) is 0. The van der Waals surface area contributed by atoms with Gasteiger partial charge in [-0.05, 0) is 51.4 Å². The van der Waals surface area contributed by atoms with Gasteiger partial charge in [0.15, 0.2) is 5.82 Å². The Kier molecular flexibility index (Phi) is 7.04. The molecule has 7 heteroatoms. The molecule has 2 heterocycles. The van der Waals surface area contributed by atoms with Crippen molar-refractivity contribution in [2.45, 2.75) is 57.9 Å². The number of methoxy groups -OCH3 is 1. The summed E-state index contributed by atoms with van der Waals surface area (Å²) >= 11 is 0. The summed E-state index contributed by atoms with van der Waals surface area (Å²) in [4.78, 5) is 29.6. The number of carbonyl (C=O) groups is 2. The Bertz CT molecular complexity index is 708. The largest absolute Gasteiger partial charge is 0.383 e. The quantitative estimate of drug-likeness (QED) is 0.540. The fraction of sp³-hybridized carbons (Fsp3) is 0.650. The minimum atomic E-state index is -0.249. The maximum atomic E-state index is 12.7. The number of nitrogens with zero attached hydrogens (tertiary/aromatic N) is 2. The van der Waals surface area contributed by atoms with E-state index >= 15 is 0 Å². The maximum absolute atomic E-state index is 12.7. The molecular weight excluding hydrogens is 344 g/mol. The molecule has 0 aromatic carbocycles. The fourth-order valence-electron chi connectivity index (χ4n) is 3.80. The average Bonchev–Trinajstić information content (AvgIpc) is 3.09. The topological polar surface area (TPSA) is 85.2 Å². The van der Waals surface area contributed by atoms with E-state index < -0.39 is 0 Å². The van der Waals surface area contributed by atoms with Gasteiger partial charge in [0.05, 0.1) is 12.3 Å². The van der Waals surface area contributed by atoms with Gasteiger partial charge in [0.2, 0.25) is 0 Å². The first-order chi connectivity index (χ1) is 13.2. The van der Waals surface area contributed by atoms with Crippen LogP contribution in [0.2, 0.25) is 0 Å². The van der Waals surface area contributed by atoms with Crippen LogP contribution in [0.3, 0.4) is 0 Å². The molecule has 1 aliphatic carbocycles. The highest BCUT2D eigenvalue weighted by atomic mass is 16.5. The van der Waals surface area contributed by atoms with Crippen LogP contribution in [0.4, 0.5) is 0 Å². The molecule has 0 fully saturated rings. The molecule has 0 spiro atoms. The van der Waals surface area contributed by atoms with E-state index in [9.17, 15) is 9.59 Å². The lowest BCUT2D eigenvalue weighted by Gasteiger charge is -2.17. The Balaban J connectivity index is 1.65. The van der Waals surface area contributed by atoms with E-state index in [1.807, 2.05) is 4.57 Å². The van der Waals surface area contributed by atoms with Gasteiger partial charge < -0.3 is 19.9 Å². The highest BCUT2D eigenvalue weighted by Crippen LogP contribution is 2.22. The monoisotopic (exact) mass is 374 g/mol. The van der Waals surface area contributed by atoms with Crippen LogP contribution in [-0.4, -0.2) is 48.2 Å². The van der Waals surface area contributed by atoms with Crippen molar-refractivity contribution in [3.8, 4) is 0 Å². The van der Waals surface area contributed by atoms with Crippen molar-refractivity contribution in [2.24, 2.45) is 0 Å². The molecule has 2 N–H and O–H groups in total. The number of nitrogens with one attached hydrogen (secondary N) is 2. The molecule has 1 aromatic heterocycles. The molecule has 2 aliphatic rings. The van der Waals surface area contributed by atoms with Crippen LogP contribution in [0.1, 0.15) is 71.7 Å². The molecule has 0 saturated carbocycles. The van der Waals surface area contributed by atoms with Crippen LogP contribution in [0.25, 0.3) is 0 Å². The lowest BCUT2D eigenvalue weighted by molar-refractivity contribution is 0.0921. The molecule has 1 aliphatic heterocycles. The van der Waals surface area contributed by atoms with Crippen molar-refractivity contribution in [3.05, 3.63) is 28.9 Å². The second kappa shape index (κ2) is 9.69. The van der Waals surface area contributed by atoms with Crippen molar-refractivity contribution < 1.29 is 14.3 Å². The van der Waals surface area contributed by atoms with Gasteiger partial charge >= 0.3 is 0 Å². The van der Waals surface area contributed by atoms with Gasteiger partial charge in [-0.2, -0.15) is 0 Å². The SMILES string of the molecule is COCCNC(=O)c1nc(C(=O)NCCC2=CCCCC2)c2n1CCCC2. The molecule has 0 saturated heterocycles. The van der Waals surface area contributed by atoms with Gasteiger partial charge in [-0.1, -0.05) is 11.6 Å². The molecule has 0 atom stereocenters. The van der Waals surface area contributed by atoms with Crippen molar-refractivity contribution >= 4 is 11.8 Å². The first-order valence-electron chi connectivity index (χ1n) is 10.0. The molecule has 0 radical (unpaired) electrons. The molecule has 0 bridgehead atoms. The Hall–Kier alpha value is -2.15. The summed E-state index contributed by atoms with van der Waals surface area (Å²) in [5.41, 5.74) is 2.73. The average molecular weight is 374 g/mol. The third-order valence-corrected chi connectivity index (χ3v) is 5.24. The van der Waals surface area contributed by atoms with Gasteiger partial charge in [0.1, 0.15) is 5.69 Å². The lowest BCUT2D eigenvalue weighted by Crippen LogP contribution is -2.30. The fourth-order valence-corrected chi connectivity index (χ4v) is 3.80. The van der Waals surface area contributed by atoms with Gasteiger partial charge in [-0.15, -0.1) is 0 Å². The Morgan fingerprint density at radius 3 is 2.70 bits per heavy atom. The second-order valence-electron chi connectivity index (χ2n) is 7.20. The molecule has 2 amide bonds. The minimum Gasteiger partial charge on any atom is -0.383 e. The summed E-state index contributed by atoms with van der Waals surface area (Å²) in [5.74, 6) is -0.0874. The van der Waals surface area contributed by atoms with Crippen molar-refractivity contribution in [2.75, 3.05) is 26.8 Å². The normalized spacial score (nSPS) is 16.4. The number of amides is 2. The summed E-state index contributed by atoms with van der Waals surface area (Å²) in [6.07, 6.45) is 10.8. The molecule has 27 heavy (non-hydrogen) atoms. The van der Waals surface area contributed by atoms with Crippen molar-refractivity contribution in [1.82, 2.24) is 20.2 Å². The van der Waals surface area contributed by atoms with Crippen LogP contribution in [-0.2, 0) is 17.7 Å². The predicted octanol–water partition coefficient (Wildman–Crippen LogP) is 2.22. The number of allylic oxidation sites excluding steroid dienone is 1. The summed E-state index contributed by atoms with van der Waals surface area (Å²) in [7, 11) is 1.59. The summed E-state index contributed by atoms with van der Waals surface area (Å²) in [5, 5.41) is 5.80. The molecular formula is C20H30N4O3. The maximum Gasteiger partial charge on any atom is 0.287 e. The predicted molar refractivity (Wildman–Crippen MR) is 103 cm³/mol. The zero-order valence-electron chi connectivity index (χ0n) is 16.2. The number of ether oxygens (including phenoxy) is 1. The number of aromatic nitrogens is 2. The van der Waals surface area contributed by atoms with Crippen LogP contribution >= 0.6 is 0 Å². The van der Waals surface area contributed by atoms with Crippen LogP contribution in [0, 0.1) is 0 Å². The number of fused-ring (bicyclic) bond motifs is 1. The number of imidazole rings is 1. The van der Waals surface area contributed by atoms with Gasteiger partial charge in [-0.25, -0.2) is 4.98 Å². The van der Waals surface area contributed by atoms with E-state index in [0.717, 1.165) is 50.8 Å². The van der Waals surface area contributed by atoms with Crippen molar-refractivity contribution in [1.29, 1.82) is 0 Å². The second-order valence-corrected chi connectivity index (χ2v) is 7.20. The molecule has 1 aromatic rings. The highest BCUT2D eigenvalue weighted by molar-refractivity contribution is 5.97. The molecule has 148 valence electrons. The standard InChI is InChI=1S/C20H30N4O3/c1-27-14-12-22-20(26)18-23-17(16-9-5-6-13-24(16)18)19(25)21-11-10-15-7-3-2-4-8-15/h7H,2-6,8-14H2,1H3,(H,21,25)(H,22,26). The third kappa shape index (κ3) is 4.97. The van der Waals surface area contributed by atoms with E-state index in [0.29, 0.717) is 31.2 Å². The summed E-state index contributed by atoms with van der Waals surface area (Å²) < 4.78 is 6.87. The molecule has 0 unspecified atom stereocenters. The van der Waals surface area contributed by atoms with Crippen molar-refractivity contribution in [3.63, 3.8) is 0 Å². The lowest BCUT2D eigenvalue weighted by atomic mass is 9.97. The number of hydrogen-bond acceptors (Lipinski definition) is 4. The first-order valence-corrected chi connectivity index (χ1v) is 10.0. The zero-order valence-corrected chi connectivity index (χ0v) is 16.2. The summed E-state index contributed by atoms with van der Waals surface area (Å²) in [6.45, 7) is 2.22. The number of carbonyl (C=O) groups excluding carboxylic acids is 2. The minimum absolute atomic E-state index is 0.173. The first kappa shape index (κ1) is 19.6. The number of rotatable bonds is 8. The van der Waals surface area contributed by atoms with Gasteiger partial charge in [0, 0.05) is 26.7 Å². The van der Waals surface area contributed by atoms with Crippen LogP contribution < -0.4 is 10.6 Å². The Morgan fingerprint density at radius 1 is 1.11 bits per heavy atom. The van der Waals surface area contributed by atoms with E-state index in [2.05, 4.69) is 21.7 Å². The van der Waals surface area contributed by atoms with Crippen LogP contribution in [0.5, 0.6) is 0 Å². The highest BCUT2D eigenvalue weighted by Gasteiger charge is 2.27. The van der Waals surface area contributed by atoms with Gasteiger partial charge in [-0.3, -0.25) is 9.59 Å². The Morgan fingerprint density at radius 2 is 1.93 bits per heavy atom. The zero-order chi connectivity index (χ0) is 19.1. The van der Waals surface area contributed by atoms with E-state index in [4.69, 9.17) is 4.74 Å².